The van der Waals surface area contributed by atoms with E-state index in [4.69, 9.17) is 4.74 Å². The van der Waals surface area contributed by atoms with Crippen LogP contribution in [-0.4, -0.2) is 34.0 Å². The first-order chi connectivity index (χ1) is 14.1. The molecule has 1 unspecified atom stereocenters. The molecule has 0 aliphatic heterocycles. The number of aromatic nitrogens is 2. The first-order valence-electron chi connectivity index (χ1n) is 10.1. The van der Waals surface area contributed by atoms with Gasteiger partial charge < -0.3 is 9.72 Å². The van der Waals surface area contributed by atoms with Crippen molar-refractivity contribution in [3.63, 3.8) is 0 Å². The zero-order valence-electron chi connectivity index (χ0n) is 16.7. The van der Waals surface area contributed by atoms with Gasteiger partial charge in [0, 0.05) is 34.2 Å². The molecule has 152 valence electrons. The van der Waals surface area contributed by atoms with Crippen molar-refractivity contribution < 1.29 is 14.3 Å². The van der Waals surface area contributed by atoms with Crippen LogP contribution in [0.4, 0.5) is 5.13 Å². The average molecular weight is 412 g/mol. The second kappa shape index (κ2) is 8.37. The number of aryl methyl sites for hydroxylation is 1. The summed E-state index contributed by atoms with van der Waals surface area (Å²) in [5, 5.41) is 3.34. The fourth-order valence-electron chi connectivity index (χ4n) is 4.11. The van der Waals surface area contributed by atoms with Gasteiger partial charge in [-0.1, -0.05) is 37.5 Å². The van der Waals surface area contributed by atoms with Gasteiger partial charge in [0.15, 0.2) is 11.2 Å². The number of carbonyl (C=O) groups excluding carboxylic acids is 2. The molecule has 0 bridgehead atoms. The number of carbonyl (C=O) groups is 2. The highest BCUT2D eigenvalue weighted by molar-refractivity contribution is 7.13. The molecule has 1 aliphatic carbocycles. The van der Waals surface area contributed by atoms with Crippen molar-refractivity contribution in [1.29, 1.82) is 0 Å². The highest BCUT2D eigenvalue weighted by atomic mass is 32.1. The van der Waals surface area contributed by atoms with Gasteiger partial charge in [0.05, 0.1) is 5.56 Å². The summed E-state index contributed by atoms with van der Waals surface area (Å²) in [6.07, 6.45) is 6.11. The minimum Gasteiger partial charge on any atom is -0.449 e. The van der Waals surface area contributed by atoms with E-state index in [1.165, 1.54) is 17.8 Å². The Balaban J connectivity index is 1.55. The Bertz CT molecular complexity index is 1010. The van der Waals surface area contributed by atoms with E-state index >= 15 is 0 Å². The quantitative estimate of drug-likeness (QED) is 0.609. The normalized spacial score (nSPS) is 15.9. The summed E-state index contributed by atoms with van der Waals surface area (Å²) in [5.41, 5.74) is 2.10. The molecule has 2 aromatic heterocycles. The Morgan fingerprint density at radius 1 is 1.24 bits per heavy atom. The number of hydrogen-bond acceptors (Lipinski definition) is 5. The summed E-state index contributed by atoms with van der Waals surface area (Å²) < 4.78 is 5.64. The van der Waals surface area contributed by atoms with Crippen molar-refractivity contribution in [1.82, 2.24) is 9.97 Å². The van der Waals surface area contributed by atoms with Crippen molar-refractivity contribution in [2.45, 2.75) is 58.1 Å². The number of esters is 1. The third kappa shape index (κ3) is 3.92. The highest BCUT2D eigenvalue weighted by Crippen LogP contribution is 2.30. The minimum absolute atomic E-state index is 0.110. The summed E-state index contributed by atoms with van der Waals surface area (Å²) in [7, 11) is 0. The van der Waals surface area contributed by atoms with Crippen LogP contribution in [0.15, 0.2) is 35.8 Å². The van der Waals surface area contributed by atoms with Crippen LogP contribution >= 0.6 is 11.3 Å². The number of fused-ring (bicyclic) bond motifs is 1. The van der Waals surface area contributed by atoms with Crippen LogP contribution in [-0.2, 0) is 9.53 Å². The molecule has 3 aromatic rings. The highest BCUT2D eigenvalue weighted by Gasteiger charge is 2.33. The van der Waals surface area contributed by atoms with Crippen molar-refractivity contribution in [2.24, 2.45) is 0 Å². The number of aromatic amines is 1. The van der Waals surface area contributed by atoms with Gasteiger partial charge in [0.25, 0.3) is 5.91 Å². The Morgan fingerprint density at radius 2 is 2.00 bits per heavy atom. The van der Waals surface area contributed by atoms with Crippen LogP contribution in [0.25, 0.3) is 10.9 Å². The first kappa shape index (κ1) is 19.6. The van der Waals surface area contributed by atoms with Gasteiger partial charge in [-0.3, -0.25) is 9.69 Å². The first-order valence-corrected chi connectivity index (χ1v) is 10.9. The van der Waals surface area contributed by atoms with Gasteiger partial charge in [-0.2, -0.15) is 0 Å². The molecule has 29 heavy (non-hydrogen) atoms. The van der Waals surface area contributed by atoms with Gasteiger partial charge >= 0.3 is 5.97 Å². The maximum absolute atomic E-state index is 13.3. The number of anilines is 1. The molecule has 1 amide bonds. The number of amides is 1. The minimum atomic E-state index is -0.888. The molecule has 0 spiro atoms. The smallest absolute Gasteiger partial charge is 0.341 e. The third-order valence-electron chi connectivity index (χ3n) is 5.53. The molecule has 1 saturated carbocycles. The number of nitrogens with one attached hydrogen (secondary N) is 1. The van der Waals surface area contributed by atoms with Gasteiger partial charge in [-0.05, 0) is 32.8 Å². The second-order valence-electron chi connectivity index (χ2n) is 7.53. The fraction of sp³-hybridized carbons (Fsp3) is 0.409. The maximum atomic E-state index is 13.3. The van der Waals surface area contributed by atoms with Crippen LogP contribution in [0.5, 0.6) is 0 Å². The molecule has 6 nitrogen and oxygen atoms in total. The van der Waals surface area contributed by atoms with E-state index in [0.717, 1.165) is 42.3 Å². The second-order valence-corrected chi connectivity index (χ2v) is 8.41. The van der Waals surface area contributed by atoms with Crippen LogP contribution in [0.2, 0.25) is 0 Å². The maximum Gasteiger partial charge on any atom is 0.341 e. The van der Waals surface area contributed by atoms with Gasteiger partial charge in [0.1, 0.15) is 0 Å². The van der Waals surface area contributed by atoms with E-state index in [1.807, 2.05) is 36.6 Å². The molecule has 1 fully saturated rings. The number of ether oxygens (including phenoxy) is 1. The number of para-hydroxylation sites is 1. The molecule has 4 rings (SSSR count). The standard InChI is InChI=1S/C22H25N3O3S/c1-14-19(17-10-6-7-11-18(17)24-14)21(27)28-15(2)20(26)25(22-23-12-13-29-22)16-8-4-3-5-9-16/h6-7,10-13,15-16,24H,3-5,8-9H2,1-2H3. The lowest BCUT2D eigenvalue weighted by Crippen LogP contribution is -2.47. The SMILES string of the molecule is Cc1[nH]c2ccccc2c1C(=O)OC(C)C(=O)N(c1nccs1)C1CCCCC1. The zero-order valence-corrected chi connectivity index (χ0v) is 17.5. The van der Waals surface area contributed by atoms with Gasteiger partial charge in [0.2, 0.25) is 0 Å². The molecule has 0 radical (unpaired) electrons. The lowest BCUT2D eigenvalue weighted by molar-refractivity contribution is -0.127. The summed E-state index contributed by atoms with van der Waals surface area (Å²) in [6.45, 7) is 3.49. The molecule has 1 N–H and O–H groups in total. The number of hydrogen-bond donors (Lipinski definition) is 1. The van der Waals surface area contributed by atoms with Crippen LogP contribution in [0.3, 0.4) is 0 Å². The van der Waals surface area contributed by atoms with E-state index in [0.29, 0.717) is 10.7 Å². The van der Waals surface area contributed by atoms with E-state index in [-0.39, 0.29) is 11.9 Å². The number of nitrogens with zero attached hydrogens (tertiary/aromatic N) is 2. The van der Waals surface area contributed by atoms with Crippen molar-refractivity contribution >= 4 is 39.2 Å². The van der Waals surface area contributed by atoms with Crippen molar-refractivity contribution in [3.05, 3.63) is 47.1 Å². The predicted octanol–water partition coefficient (Wildman–Crippen LogP) is 4.84. The molecule has 1 aliphatic rings. The lowest BCUT2D eigenvalue weighted by Gasteiger charge is -2.33. The molecule has 7 heteroatoms. The van der Waals surface area contributed by atoms with Gasteiger partial charge in [-0.15, -0.1) is 11.3 Å². The summed E-state index contributed by atoms with van der Waals surface area (Å²) in [4.78, 5) is 35.5. The molecule has 1 atom stereocenters. The van der Waals surface area contributed by atoms with E-state index in [2.05, 4.69) is 9.97 Å². The number of H-pyrrole nitrogens is 1. The summed E-state index contributed by atoms with van der Waals surface area (Å²) >= 11 is 1.44. The van der Waals surface area contributed by atoms with Crippen molar-refractivity contribution in [2.75, 3.05) is 4.90 Å². The number of thiazole rings is 1. The Hall–Kier alpha value is -2.67. The molecular weight excluding hydrogens is 386 g/mol. The monoisotopic (exact) mass is 411 g/mol. The fourth-order valence-corrected chi connectivity index (χ4v) is 4.83. The average Bonchev–Trinajstić information content (AvgIpc) is 3.36. The Labute approximate surface area is 173 Å². The number of benzene rings is 1. The largest absolute Gasteiger partial charge is 0.449 e. The summed E-state index contributed by atoms with van der Waals surface area (Å²) in [5.74, 6) is -0.693. The Kier molecular flexibility index (Phi) is 5.67. The molecular formula is C22H25N3O3S. The molecule has 0 saturated heterocycles. The van der Waals surface area contributed by atoms with Crippen molar-refractivity contribution in [3.8, 4) is 0 Å². The van der Waals surface area contributed by atoms with Crippen LogP contribution in [0.1, 0.15) is 55.1 Å². The number of rotatable bonds is 5. The zero-order chi connectivity index (χ0) is 20.4. The lowest BCUT2D eigenvalue weighted by atomic mass is 9.94. The van der Waals surface area contributed by atoms with Crippen LogP contribution in [0, 0.1) is 6.92 Å². The predicted molar refractivity (Wildman–Crippen MR) is 114 cm³/mol. The third-order valence-corrected chi connectivity index (χ3v) is 6.30. The Morgan fingerprint density at radius 3 is 2.72 bits per heavy atom. The molecule has 2 heterocycles. The van der Waals surface area contributed by atoms with E-state index in [9.17, 15) is 9.59 Å². The molecule has 1 aromatic carbocycles. The van der Waals surface area contributed by atoms with Crippen LogP contribution < -0.4 is 4.90 Å². The topological polar surface area (TPSA) is 75.3 Å². The van der Waals surface area contributed by atoms with E-state index < -0.39 is 12.1 Å². The van der Waals surface area contributed by atoms with E-state index in [1.54, 1.807) is 18.0 Å². The van der Waals surface area contributed by atoms with Gasteiger partial charge in [-0.25, -0.2) is 9.78 Å². The summed E-state index contributed by atoms with van der Waals surface area (Å²) in [6, 6.07) is 7.70.